The Kier molecular flexibility index (Phi) is 3.46. The number of nitrogens with zero attached hydrogens (tertiary/aromatic N) is 3. The second-order valence-electron chi connectivity index (χ2n) is 4.58. The van der Waals surface area contributed by atoms with Gasteiger partial charge in [-0.3, -0.25) is 13.9 Å². The lowest BCUT2D eigenvalue weighted by Crippen LogP contribution is -2.30. The van der Waals surface area contributed by atoms with Gasteiger partial charge in [0.25, 0.3) is 5.91 Å². The maximum Gasteiger partial charge on any atom is 0.328 e. The molecule has 0 fully saturated rings. The van der Waals surface area contributed by atoms with Crippen LogP contribution in [0.2, 0.25) is 0 Å². The Morgan fingerprint density at radius 1 is 1.11 bits per heavy atom. The predicted octanol–water partition coefficient (Wildman–Crippen LogP) is 1.36. The monoisotopic (exact) mass is 261 g/mol. The van der Waals surface area contributed by atoms with E-state index in [1.165, 1.54) is 0 Å². The summed E-state index contributed by atoms with van der Waals surface area (Å²) in [6.07, 6.45) is 0. The third-order valence-electron chi connectivity index (χ3n) is 3.57. The van der Waals surface area contributed by atoms with Crippen molar-refractivity contribution in [2.45, 2.75) is 13.8 Å². The molecule has 0 aliphatic heterocycles. The third-order valence-corrected chi connectivity index (χ3v) is 3.57. The number of aryl methyl sites for hydroxylation is 2. The maximum atomic E-state index is 12.3. The molecule has 1 heterocycles. The Morgan fingerprint density at radius 2 is 1.68 bits per heavy atom. The highest BCUT2D eigenvalue weighted by Crippen LogP contribution is 2.15. The van der Waals surface area contributed by atoms with Crippen molar-refractivity contribution < 1.29 is 4.79 Å². The van der Waals surface area contributed by atoms with Crippen molar-refractivity contribution in [1.82, 2.24) is 14.0 Å². The van der Waals surface area contributed by atoms with Crippen molar-refractivity contribution in [3.05, 3.63) is 34.2 Å². The normalized spacial score (nSPS) is 10.9. The summed E-state index contributed by atoms with van der Waals surface area (Å²) in [5.41, 5.74) is 2.16. The van der Waals surface area contributed by atoms with Crippen molar-refractivity contribution in [2.24, 2.45) is 14.1 Å². The fourth-order valence-electron chi connectivity index (χ4n) is 2.33. The zero-order valence-corrected chi connectivity index (χ0v) is 11.8. The van der Waals surface area contributed by atoms with Gasteiger partial charge in [0.2, 0.25) is 0 Å². The molecule has 102 valence electrons. The summed E-state index contributed by atoms with van der Waals surface area (Å²) >= 11 is 0. The molecular formula is C14H19N3O2. The van der Waals surface area contributed by atoms with Crippen molar-refractivity contribution in [2.75, 3.05) is 13.1 Å². The lowest BCUT2D eigenvalue weighted by atomic mass is 10.1. The van der Waals surface area contributed by atoms with Crippen LogP contribution in [0.15, 0.2) is 23.0 Å². The number of hydrogen-bond donors (Lipinski definition) is 0. The first-order chi connectivity index (χ1) is 9.01. The van der Waals surface area contributed by atoms with Gasteiger partial charge in [-0.15, -0.1) is 0 Å². The quantitative estimate of drug-likeness (QED) is 0.837. The summed E-state index contributed by atoms with van der Waals surface area (Å²) < 4.78 is 3.15. The Labute approximate surface area is 112 Å². The predicted molar refractivity (Wildman–Crippen MR) is 75.4 cm³/mol. The molecule has 1 amide bonds. The number of hydrogen-bond acceptors (Lipinski definition) is 2. The number of benzene rings is 1. The van der Waals surface area contributed by atoms with Crippen LogP contribution in [0.1, 0.15) is 24.2 Å². The van der Waals surface area contributed by atoms with E-state index in [-0.39, 0.29) is 11.6 Å². The van der Waals surface area contributed by atoms with E-state index >= 15 is 0 Å². The molecule has 1 aromatic heterocycles. The molecule has 0 saturated heterocycles. The van der Waals surface area contributed by atoms with Crippen molar-refractivity contribution in [3.63, 3.8) is 0 Å². The number of imidazole rings is 1. The molecule has 0 spiro atoms. The summed E-state index contributed by atoms with van der Waals surface area (Å²) in [5.74, 6) is 0.00296. The average Bonchev–Trinajstić information content (AvgIpc) is 2.65. The SMILES string of the molecule is CCN(CC)C(=O)c1ccc2c(c1)n(C)c(=O)n2C. The first-order valence-electron chi connectivity index (χ1n) is 6.46. The van der Waals surface area contributed by atoms with Crippen LogP contribution in [0.3, 0.4) is 0 Å². The average molecular weight is 261 g/mol. The van der Waals surface area contributed by atoms with Crippen LogP contribution in [0.4, 0.5) is 0 Å². The molecule has 0 aliphatic carbocycles. The number of amides is 1. The molecule has 1 aromatic carbocycles. The van der Waals surface area contributed by atoms with Gasteiger partial charge < -0.3 is 4.90 Å². The van der Waals surface area contributed by atoms with Gasteiger partial charge in [-0.1, -0.05) is 0 Å². The molecule has 19 heavy (non-hydrogen) atoms. The number of carbonyl (C=O) groups is 1. The minimum atomic E-state index is -0.0811. The Morgan fingerprint density at radius 3 is 2.26 bits per heavy atom. The number of fused-ring (bicyclic) bond motifs is 1. The van der Waals surface area contributed by atoms with Crippen LogP contribution < -0.4 is 5.69 Å². The van der Waals surface area contributed by atoms with Gasteiger partial charge in [0.05, 0.1) is 11.0 Å². The van der Waals surface area contributed by atoms with Gasteiger partial charge >= 0.3 is 5.69 Å². The maximum absolute atomic E-state index is 12.3. The number of rotatable bonds is 3. The van der Waals surface area contributed by atoms with Crippen LogP contribution in [-0.4, -0.2) is 33.0 Å². The highest BCUT2D eigenvalue weighted by atomic mass is 16.2. The molecule has 2 aromatic rings. The summed E-state index contributed by atoms with van der Waals surface area (Å²) in [5, 5.41) is 0. The van der Waals surface area contributed by atoms with Gasteiger partial charge in [0.15, 0.2) is 0 Å². The van der Waals surface area contributed by atoms with Crippen LogP contribution in [-0.2, 0) is 14.1 Å². The molecule has 2 rings (SSSR count). The van der Waals surface area contributed by atoms with E-state index in [0.717, 1.165) is 11.0 Å². The van der Waals surface area contributed by atoms with Gasteiger partial charge in [-0.2, -0.15) is 0 Å². The molecular weight excluding hydrogens is 242 g/mol. The first-order valence-corrected chi connectivity index (χ1v) is 6.46. The molecule has 0 N–H and O–H groups in total. The Hall–Kier alpha value is -2.04. The van der Waals surface area contributed by atoms with Crippen LogP contribution >= 0.6 is 0 Å². The number of carbonyl (C=O) groups excluding carboxylic acids is 1. The van der Waals surface area contributed by atoms with Crippen LogP contribution in [0.25, 0.3) is 11.0 Å². The first kappa shape index (κ1) is 13.4. The Balaban J connectivity index is 2.56. The summed E-state index contributed by atoms with van der Waals surface area (Å²) in [4.78, 5) is 25.9. The Bertz CT molecular complexity index is 678. The lowest BCUT2D eigenvalue weighted by Gasteiger charge is -2.18. The summed E-state index contributed by atoms with van der Waals surface area (Å²) in [7, 11) is 3.45. The number of aromatic nitrogens is 2. The second kappa shape index (κ2) is 4.91. The van der Waals surface area contributed by atoms with Crippen molar-refractivity contribution in [3.8, 4) is 0 Å². The second-order valence-corrected chi connectivity index (χ2v) is 4.58. The van der Waals surface area contributed by atoms with Crippen LogP contribution in [0.5, 0.6) is 0 Å². The lowest BCUT2D eigenvalue weighted by molar-refractivity contribution is 0.0773. The molecule has 0 saturated carbocycles. The topological polar surface area (TPSA) is 47.2 Å². The minimum Gasteiger partial charge on any atom is -0.339 e. The van der Waals surface area contributed by atoms with Crippen molar-refractivity contribution in [1.29, 1.82) is 0 Å². The summed E-state index contributed by atoms with van der Waals surface area (Å²) in [6.45, 7) is 5.28. The van der Waals surface area contributed by atoms with Gasteiger partial charge in [-0.05, 0) is 32.0 Å². The molecule has 5 nitrogen and oxygen atoms in total. The third kappa shape index (κ3) is 2.05. The van der Waals surface area contributed by atoms with E-state index in [2.05, 4.69) is 0 Å². The molecule has 0 aliphatic rings. The van der Waals surface area contributed by atoms with Gasteiger partial charge in [0.1, 0.15) is 0 Å². The van der Waals surface area contributed by atoms with E-state index in [1.807, 2.05) is 19.9 Å². The molecule has 5 heteroatoms. The van der Waals surface area contributed by atoms with E-state index in [9.17, 15) is 9.59 Å². The van der Waals surface area contributed by atoms with Crippen LogP contribution in [0, 0.1) is 0 Å². The zero-order chi connectivity index (χ0) is 14.2. The minimum absolute atomic E-state index is 0.00296. The summed E-state index contributed by atoms with van der Waals surface area (Å²) in [6, 6.07) is 5.40. The highest BCUT2D eigenvalue weighted by molar-refractivity contribution is 5.97. The van der Waals surface area contributed by atoms with Gasteiger partial charge in [-0.25, -0.2) is 4.79 Å². The van der Waals surface area contributed by atoms with E-state index < -0.39 is 0 Å². The molecule has 0 atom stereocenters. The molecule has 0 unspecified atom stereocenters. The largest absolute Gasteiger partial charge is 0.339 e. The standard InChI is InChI=1S/C14H19N3O2/c1-5-17(6-2)13(18)10-7-8-11-12(9-10)16(4)14(19)15(11)3/h7-9H,5-6H2,1-4H3. The fourth-order valence-corrected chi connectivity index (χ4v) is 2.33. The van der Waals surface area contributed by atoms with E-state index in [4.69, 9.17) is 0 Å². The van der Waals surface area contributed by atoms with Gasteiger partial charge in [0, 0.05) is 32.7 Å². The zero-order valence-electron chi connectivity index (χ0n) is 11.8. The molecule has 0 bridgehead atoms. The van der Waals surface area contributed by atoms with E-state index in [1.54, 1.807) is 40.3 Å². The fraction of sp³-hybridized carbons (Fsp3) is 0.429. The van der Waals surface area contributed by atoms with Crippen molar-refractivity contribution >= 4 is 16.9 Å². The highest BCUT2D eigenvalue weighted by Gasteiger charge is 2.15. The smallest absolute Gasteiger partial charge is 0.328 e. The van der Waals surface area contributed by atoms with E-state index in [0.29, 0.717) is 18.7 Å². The molecule has 0 radical (unpaired) electrons.